The topological polar surface area (TPSA) is 65.4 Å². The second kappa shape index (κ2) is 6.84. The SMILES string of the molecule is CC(C)(C)OC(=O)Nc1ccc2c(cnn2OCc2ccccc2)c1. The van der Waals surface area contributed by atoms with Crippen LogP contribution in [0.5, 0.6) is 0 Å². The first-order valence-corrected chi connectivity index (χ1v) is 8.06. The van der Waals surface area contributed by atoms with E-state index >= 15 is 0 Å². The van der Waals surface area contributed by atoms with Gasteiger partial charge < -0.3 is 9.57 Å². The summed E-state index contributed by atoms with van der Waals surface area (Å²) in [5, 5.41) is 7.82. The number of benzene rings is 2. The molecule has 0 spiro atoms. The summed E-state index contributed by atoms with van der Waals surface area (Å²) >= 11 is 0. The fraction of sp³-hybridized carbons (Fsp3) is 0.263. The van der Waals surface area contributed by atoms with Crippen LogP contribution in [-0.4, -0.2) is 21.6 Å². The zero-order valence-corrected chi connectivity index (χ0v) is 14.5. The Labute approximate surface area is 146 Å². The minimum Gasteiger partial charge on any atom is -0.444 e. The first-order valence-electron chi connectivity index (χ1n) is 8.06. The number of carbonyl (C=O) groups is 1. The highest BCUT2D eigenvalue weighted by Gasteiger charge is 2.16. The lowest BCUT2D eigenvalue weighted by Crippen LogP contribution is -2.27. The van der Waals surface area contributed by atoms with E-state index in [1.165, 1.54) is 4.85 Å². The Morgan fingerprint density at radius 1 is 1.16 bits per heavy atom. The molecule has 25 heavy (non-hydrogen) atoms. The number of nitrogens with one attached hydrogen (secondary N) is 1. The number of nitrogens with zero attached hydrogens (tertiary/aromatic N) is 2. The molecule has 1 amide bonds. The Kier molecular flexibility index (Phi) is 4.61. The maximum absolute atomic E-state index is 11.8. The third-order valence-corrected chi connectivity index (χ3v) is 3.38. The Hall–Kier alpha value is -3.02. The van der Waals surface area contributed by atoms with E-state index in [0.29, 0.717) is 12.3 Å². The third-order valence-electron chi connectivity index (χ3n) is 3.38. The molecule has 0 aliphatic carbocycles. The molecule has 1 aromatic heterocycles. The number of hydrogen-bond donors (Lipinski definition) is 1. The lowest BCUT2D eigenvalue weighted by molar-refractivity contribution is 0.0636. The predicted molar refractivity (Wildman–Crippen MR) is 96.3 cm³/mol. The zero-order valence-electron chi connectivity index (χ0n) is 14.5. The van der Waals surface area contributed by atoms with E-state index in [9.17, 15) is 4.79 Å². The molecule has 0 unspecified atom stereocenters. The molecule has 0 saturated carbocycles. The highest BCUT2D eigenvalue weighted by atomic mass is 16.7. The summed E-state index contributed by atoms with van der Waals surface area (Å²) in [7, 11) is 0. The predicted octanol–water partition coefficient (Wildman–Crippen LogP) is 4.01. The highest BCUT2D eigenvalue weighted by Crippen LogP contribution is 2.19. The van der Waals surface area contributed by atoms with E-state index in [2.05, 4.69) is 10.4 Å². The number of ether oxygens (including phenoxy) is 1. The van der Waals surface area contributed by atoms with Crippen LogP contribution in [0.3, 0.4) is 0 Å². The molecule has 3 aromatic rings. The van der Waals surface area contributed by atoms with Crippen molar-refractivity contribution in [2.24, 2.45) is 0 Å². The largest absolute Gasteiger partial charge is 0.444 e. The van der Waals surface area contributed by atoms with Gasteiger partial charge in [-0.1, -0.05) is 35.2 Å². The number of carbonyl (C=O) groups excluding carboxylic acids is 1. The highest BCUT2D eigenvalue weighted by molar-refractivity contribution is 5.89. The van der Waals surface area contributed by atoms with Gasteiger partial charge in [0, 0.05) is 11.1 Å². The molecule has 130 valence electrons. The first-order chi connectivity index (χ1) is 11.9. The maximum Gasteiger partial charge on any atom is 0.412 e. The van der Waals surface area contributed by atoms with Gasteiger partial charge in [-0.05, 0) is 44.5 Å². The van der Waals surface area contributed by atoms with Crippen LogP contribution in [0.4, 0.5) is 10.5 Å². The second-order valence-electron chi connectivity index (χ2n) is 6.68. The maximum atomic E-state index is 11.8. The summed E-state index contributed by atoms with van der Waals surface area (Å²) in [4.78, 5) is 19.1. The lowest BCUT2D eigenvalue weighted by Gasteiger charge is -2.19. The molecule has 0 fully saturated rings. The Morgan fingerprint density at radius 3 is 2.64 bits per heavy atom. The summed E-state index contributed by atoms with van der Waals surface area (Å²) in [6.45, 7) is 5.90. The van der Waals surface area contributed by atoms with Gasteiger partial charge in [0.1, 0.15) is 17.7 Å². The lowest BCUT2D eigenvalue weighted by atomic mass is 10.2. The van der Waals surface area contributed by atoms with Gasteiger partial charge in [-0.3, -0.25) is 5.32 Å². The monoisotopic (exact) mass is 339 g/mol. The van der Waals surface area contributed by atoms with Crippen LogP contribution < -0.4 is 10.2 Å². The van der Waals surface area contributed by atoms with Crippen molar-refractivity contribution in [1.29, 1.82) is 0 Å². The van der Waals surface area contributed by atoms with Gasteiger partial charge in [0.15, 0.2) is 0 Å². The molecule has 0 saturated heterocycles. The molecule has 0 aliphatic rings. The standard InChI is InChI=1S/C19H21N3O3/c1-19(2,3)25-18(23)21-16-9-10-17-15(11-16)12-20-22(17)24-13-14-7-5-4-6-8-14/h4-12H,13H2,1-3H3,(H,21,23). The fourth-order valence-electron chi connectivity index (χ4n) is 2.32. The van der Waals surface area contributed by atoms with Gasteiger partial charge >= 0.3 is 6.09 Å². The average Bonchev–Trinajstić information content (AvgIpc) is 2.94. The quantitative estimate of drug-likeness (QED) is 0.780. The molecule has 1 heterocycles. The molecule has 1 N–H and O–H groups in total. The first kappa shape index (κ1) is 16.8. The van der Waals surface area contributed by atoms with E-state index in [4.69, 9.17) is 9.57 Å². The van der Waals surface area contributed by atoms with E-state index < -0.39 is 11.7 Å². The van der Waals surface area contributed by atoms with Crippen LogP contribution in [-0.2, 0) is 11.3 Å². The van der Waals surface area contributed by atoms with Crippen LogP contribution in [0, 0.1) is 0 Å². The van der Waals surface area contributed by atoms with Gasteiger partial charge in [-0.25, -0.2) is 4.79 Å². The van der Waals surface area contributed by atoms with Gasteiger partial charge in [0.25, 0.3) is 0 Å². The molecule has 3 rings (SSSR count). The summed E-state index contributed by atoms with van der Waals surface area (Å²) in [6.07, 6.45) is 1.21. The molecule has 6 heteroatoms. The third kappa shape index (κ3) is 4.50. The van der Waals surface area contributed by atoms with Crippen molar-refractivity contribution < 1.29 is 14.4 Å². The minimum atomic E-state index is -0.537. The van der Waals surface area contributed by atoms with Crippen LogP contribution in [0.2, 0.25) is 0 Å². The Balaban J connectivity index is 1.69. The number of aromatic nitrogens is 2. The molecular formula is C19H21N3O3. The van der Waals surface area contributed by atoms with Gasteiger partial charge in [0.05, 0.1) is 6.20 Å². The number of hydrogen-bond acceptors (Lipinski definition) is 4. The van der Waals surface area contributed by atoms with Crippen molar-refractivity contribution >= 4 is 22.7 Å². The van der Waals surface area contributed by atoms with Crippen molar-refractivity contribution in [3.8, 4) is 0 Å². The fourth-order valence-corrected chi connectivity index (χ4v) is 2.32. The molecule has 0 atom stereocenters. The molecular weight excluding hydrogens is 318 g/mol. The van der Waals surface area contributed by atoms with E-state index in [1.54, 1.807) is 12.3 Å². The van der Waals surface area contributed by atoms with Crippen molar-refractivity contribution in [2.45, 2.75) is 33.0 Å². The van der Waals surface area contributed by atoms with Crippen LogP contribution in [0.15, 0.2) is 54.7 Å². The molecule has 0 bridgehead atoms. The van der Waals surface area contributed by atoms with E-state index in [0.717, 1.165) is 16.5 Å². The summed E-state index contributed by atoms with van der Waals surface area (Å²) in [6, 6.07) is 15.4. The minimum absolute atomic E-state index is 0.426. The van der Waals surface area contributed by atoms with Crippen molar-refractivity contribution in [1.82, 2.24) is 9.94 Å². The summed E-state index contributed by atoms with van der Waals surface area (Å²) in [5.41, 5.74) is 1.99. The van der Waals surface area contributed by atoms with E-state index in [-0.39, 0.29) is 0 Å². The summed E-state index contributed by atoms with van der Waals surface area (Å²) in [5.74, 6) is 0. The van der Waals surface area contributed by atoms with Crippen molar-refractivity contribution in [3.05, 3.63) is 60.3 Å². The Morgan fingerprint density at radius 2 is 1.92 bits per heavy atom. The van der Waals surface area contributed by atoms with Gasteiger partial charge in [-0.2, -0.15) is 0 Å². The number of anilines is 1. The number of amides is 1. The molecule has 6 nitrogen and oxygen atoms in total. The van der Waals surface area contributed by atoms with Crippen LogP contribution in [0.1, 0.15) is 26.3 Å². The van der Waals surface area contributed by atoms with Crippen LogP contribution in [0.25, 0.3) is 10.9 Å². The molecule has 0 radical (unpaired) electrons. The van der Waals surface area contributed by atoms with Gasteiger partial charge in [0.2, 0.25) is 0 Å². The van der Waals surface area contributed by atoms with Crippen LogP contribution >= 0.6 is 0 Å². The van der Waals surface area contributed by atoms with E-state index in [1.807, 2.05) is 63.2 Å². The smallest absolute Gasteiger partial charge is 0.412 e. The average molecular weight is 339 g/mol. The van der Waals surface area contributed by atoms with Crippen molar-refractivity contribution in [2.75, 3.05) is 5.32 Å². The zero-order chi connectivity index (χ0) is 17.9. The normalized spacial score (nSPS) is 11.3. The second-order valence-corrected chi connectivity index (χ2v) is 6.68. The number of rotatable bonds is 4. The van der Waals surface area contributed by atoms with Gasteiger partial charge in [-0.15, -0.1) is 5.10 Å². The summed E-state index contributed by atoms with van der Waals surface area (Å²) < 4.78 is 5.25. The number of fused-ring (bicyclic) bond motifs is 1. The molecule has 2 aromatic carbocycles. The molecule has 0 aliphatic heterocycles. The Bertz CT molecular complexity index is 867. The van der Waals surface area contributed by atoms with Crippen molar-refractivity contribution in [3.63, 3.8) is 0 Å².